The topological polar surface area (TPSA) is 49.6 Å². The highest BCUT2D eigenvalue weighted by molar-refractivity contribution is 14.0. The van der Waals surface area contributed by atoms with Crippen LogP contribution in [0.25, 0.3) is 0 Å². The molecule has 23 heavy (non-hydrogen) atoms. The second-order valence-corrected chi connectivity index (χ2v) is 5.33. The van der Waals surface area contributed by atoms with Gasteiger partial charge in [0.05, 0.1) is 6.26 Å². The standard InChI is InChI=1S/C17H22ClN3O.HI/c1-2-19-17(21-12-10-16-4-3-13-22-16)20-11-9-14-5-7-15(18)8-6-14;/h3-8,13H,2,9-12H2,1H3,(H2,19,20,21);1H. The van der Waals surface area contributed by atoms with Crippen molar-refractivity contribution < 1.29 is 4.42 Å². The van der Waals surface area contributed by atoms with Gasteiger partial charge in [0, 0.05) is 31.1 Å². The SMILES string of the molecule is CCNC(=NCCc1ccco1)NCCc1ccc(Cl)cc1.I. The Morgan fingerprint density at radius 1 is 1.13 bits per heavy atom. The third-order valence-electron chi connectivity index (χ3n) is 3.17. The van der Waals surface area contributed by atoms with Crippen LogP contribution in [0, 0.1) is 0 Å². The quantitative estimate of drug-likeness (QED) is 0.385. The van der Waals surface area contributed by atoms with Gasteiger partial charge in [0.25, 0.3) is 0 Å². The van der Waals surface area contributed by atoms with Crippen LogP contribution in [0.2, 0.25) is 5.02 Å². The van der Waals surface area contributed by atoms with E-state index in [1.807, 2.05) is 36.4 Å². The molecule has 1 heterocycles. The molecule has 2 aromatic rings. The first-order valence-electron chi connectivity index (χ1n) is 7.57. The number of guanidine groups is 1. The van der Waals surface area contributed by atoms with Crippen LogP contribution < -0.4 is 10.6 Å². The lowest BCUT2D eigenvalue weighted by molar-refractivity contribution is 0.510. The molecule has 1 aromatic carbocycles. The molecule has 0 saturated carbocycles. The molecule has 0 aliphatic heterocycles. The minimum atomic E-state index is 0. The van der Waals surface area contributed by atoms with Crippen molar-refractivity contribution in [3.63, 3.8) is 0 Å². The second kappa shape index (κ2) is 11.3. The lowest BCUT2D eigenvalue weighted by atomic mass is 10.1. The maximum absolute atomic E-state index is 5.88. The van der Waals surface area contributed by atoms with Crippen LogP contribution in [-0.4, -0.2) is 25.6 Å². The van der Waals surface area contributed by atoms with E-state index in [1.165, 1.54) is 5.56 Å². The largest absolute Gasteiger partial charge is 0.469 e. The average Bonchev–Trinajstić information content (AvgIpc) is 3.02. The zero-order valence-electron chi connectivity index (χ0n) is 13.2. The second-order valence-electron chi connectivity index (χ2n) is 4.89. The average molecular weight is 448 g/mol. The van der Waals surface area contributed by atoms with Crippen molar-refractivity contribution in [2.75, 3.05) is 19.6 Å². The summed E-state index contributed by atoms with van der Waals surface area (Å²) >= 11 is 5.88. The molecule has 2 rings (SSSR count). The van der Waals surface area contributed by atoms with Crippen LogP contribution in [0.4, 0.5) is 0 Å². The van der Waals surface area contributed by atoms with E-state index in [-0.39, 0.29) is 24.0 Å². The summed E-state index contributed by atoms with van der Waals surface area (Å²) in [7, 11) is 0. The highest BCUT2D eigenvalue weighted by Gasteiger charge is 1.99. The van der Waals surface area contributed by atoms with Crippen LogP contribution in [0.3, 0.4) is 0 Å². The van der Waals surface area contributed by atoms with Gasteiger partial charge in [0.15, 0.2) is 5.96 Å². The molecule has 0 aliphatic carbocycles. The van der Waals surface area contributed by atoms with Crippen molar-refractivity contribution in [3.8, 4) is 0 Å². The van der Waals surface area contributed by atoms with Crippen LogP contribution in [-0.2, 0) is 12.8 Å². The van der Waals surface area contributed by atoms with Gasteiger partial charge in [-0.05, 0) is 43.2 Å². The molecule has 0 spiro atoms. The first kappa shape index (κ1) is 19.8. The molecular weight excluding hydrogens is 425 g/mol. The maximum atomic E-state index is 5.88. The summed E-state index contributed by atoms with van der Waals surface area (Å²) in [5.41, 5.74) is 1.25. The summed E-state index contributed by atoms with van der Waals surface area (Å²) in [6.45, 7) is 4.43. The van der Waals surface area contributed by atoms with Gasteiger partial charge in [-0.15, -0.1) is 24.0 Å². The molecule has 0 fully saturated rings. The molecule has 1 aromatic heterocycles. The number of benzene rings is 1. The van der Waals surface area contributed by atoms with E-state index in [9.17, 15) is 0 Å². The van der Waals surface area contributed by atoms with Gasteiger partial charge in [-0.3, -0.25) is 4.99 Å². The number of nitrogens with one attached hydrogen (secondary N) is 2. The third kappa shape index (κ3) is 7.74. The molecule has 0 aliphatic rings. The maximum Gasteiger partial charge on any atom is 0.191 e. The van der Waals surface area contributed by atoms with Crippen molar-refractivity contribution in [1.29, 1.82) is 0 Å². The number of nitrogens with zero attached hydrogens (tertiary/aromatic N) is 1. The summed E-state index contributed by atoms with van der Waals surface area (Å²) < 4.78 is 5.30. The van der Waals surface area contributed by atoms with Gasteiger partial charge in [-0.25, -0.2) is 0 Å². The van der Waals surface area contributed by atoms with Gasteiger partial charge in [0.2, 0.25) is 0 Å². The molecule has 0 unspecified atom stereocenters. The predicted octanol–water partition coefficient (Wildman–Crippen LogP) is 3.89. The molecule has 0 saturated heterocycles. The Kier molecular flexibility index (Phi) is 9.78. The number of hydrogen-bond acceptors (Lipinski definition) is 2. The molecule has 126 valence electrons. The molecule has 6 heteroatoms. The third-order valence-corrected chi connectivity index (χ3v) is 3.42. The highest BCUT2D eigenvalue weighted by atomic mass is 127. The molecule has 0 amide bonds. The van der Waals surface area contributed by atoms with Crippen LogP contribution >= 0.6 is 35.6 Å². The van der Waals surface area contributed by atoms with Gasteiger partial charge in [-0.1, -0.05) is 23.7 Å². The van der Waals surface area contributed by atoms with Crippen LogP contribution in [0.1, 0.15) is 18.2 Å². The Labute approximate surface area is 159 Å². The van der Waals surface area contributed by atoms with Crippen molar-refractivity contribution in [1.82, 2.24) is 10.6 Å². The van der Waals surface area contributed by atoms with Crippen molar-refractivity contribution >= 4 is 41.5 Å². The fourth-order valence-corrected chi connectivity index (χ4v) is 2.18. The summed E-state index contributed by atoms with van der Waals surface area (Å²) in [4.78, 5) is 4.55. The van der Waals surface area contributed by atoms with E-state index in [1.54, 1.807) is 6.26 Å². The number of hydrogen-bond donors (Lipinski definition) is 2. The van der Waals surface area contributed by atoms with Gasteiger partial charge < -0.3 is 15.1 Å². The van der Waals surface area contributed by atoms with Gasteiger partial charge in [-0.2, -0.15) is 0 Å². The number of halogens is 2. The molecular formula is C17H23ClIN3O. The van der Waals surface area contributed by atoms with Gasteiger partial charge in [0.1, 0.15) is 5.76 Å². The fraction of sp³-hybridized carbons (Fsp3) is 0.353. The monoisotopic (exact) mass is 447 g/mol. The molecule has 2 N–H and O–H groups in total. The zero-order valence-corrected chi connectivity index (χ0v) is 16.3. The summed E-state index contributed by atoms with van der Waals surface area (Å²) in [6.07, 6.45) is 3.43. The fourth-order valence-electron chi connectivity index (χ4n) is 2.05. The van der Waals surface area contributed by atoms with E-state index >= 15 is 0 Å². The smallest absolute Gasteiger partial charge is 0.191 e. The molecule has 4 nitrogen and oxygen atoms in total. The lowest BCUT2D eigenvalue weighted by Crippen LogP contribution is -2.38. The van der Waals surface area contributed by atoms with E-state index in [0.717, 1.165) is 42.7 Å². The summed E-state index contributed by atoms with van der Waals surface area (Å²) in [6, 6.07) is 11.8. The Morgan fingerprint density at radius 2 is 1.91 bits per heavy atom. The predicted molar refractivity (Wildman–Crippen MR) is 107 cm³/mol. The number of furan rings is 1. The normalized spacial score (nSPS) is 11.0. The zero-order chi connectivity index (χ0) is 15.6. The first-order chi connectivity index (χ1) is 10.8. The van der Waals surface area contributed by atoms with Crippen molar-refractivity contribution in [2.24, 2.45) is 4.99 Å². The minimum absolute atomic E-state index is 0. The lowest BCUT2D eigenvalue weighted by Gasteiger charge is -2.11. The molecule has 0 bridgehead atoms. The Hall–Kier alpha value is -1.21. The van der Waals surface area contributed by atoms with E-state index in [4.69, 9.17) is 16.0 Å². The Balaban J connectivity index is 0.00000264. The minimum Gasteiger partial charge on any atom is -0.469 e. The summed E-state index contributed by atoms with van der Waals surface area (Å²) in [5, 5.41) is 7.35. The molecule has 0 radical (unpaired) electrons. The Bertz CT molecular complexity index is 570. The molecule has 0 atom stereocenters. The van der Waals surface area contributed by atoms with E-state index in [2.05, 4.69) is 22.5 Å². The van der Waals surface area contributed by atoms with Gasteiger partial charge >= 0.3 is 0 Å². The Morgan fingerprint density at radius 3 is 2.57 bits per heavy atom. The highest BCUT2D eigenvalue weighted by Crippen LogP contribution is 2.09. The first-order valence-corrected chi connectivity index (χ1v) is 7.94. The van der Waals surface area contributed by atoms with Crippen LogP contribution in [0.15, 0.2) is 52.1 Å². The van der Waals surface area contributed by atoms with Crippen LogP contribution in [0.5, 0.6) is 0 Å². The van der Waals surface area contributed by atoms with Crippen molar-refractivity contribution in [3.05, 3.63) is 59.0 Å². The van der Waals surface area contributed by atoms with E-state index < -0.39 is 0 Å². The number of aliphatic imine (C=N–C) groups is 1. The number of rotatable bonds is 7. The van der Waals surface area contributed by atoms with E-state index in [0.29, 0.717) is 6.54 Å². The van der Waals surface area contributed by atoms with Crippen molar-refractivity contribution in [2.45, 2.75) is 19.8 Å². The summed E-state index contributed by atoms with van der Waals surface area (Å²) in [5.74, 6) is 1.80.